The van der Waals surface area contributed by atoms with Gasteiger partial charge in [-0.3, -0.25) is 10.1 Å². The molecule has 0 spiro atoms. The van der Waals surface area contributed by atoms with Gasteiger partial charge in [0.05, 0.1) is 10.6 Å². The van der Waals surface area contributed by atoms with Crippen molar-refractivity contribution < 1.29 is 4.79 Å². The van der Waals surface area contributed by atoms with E-state index in [1.807, 2.05) is 23.6 Å². The van der Waals surface area contributed by atoms with Crippen LogP contribution < -0.4 is 5.32 Å². The fourth-order valence-electron chi connectivity index (χ4n) is 3.66. The van der Waals surface area contributed by atoms with Crippen molar-refractivity contribution in [2.75, 3.05) is 5.32 Å². The van der Waals surface area contributed by atoms with Gasteiger partial charge in [0.25, 0.3) is 5.91 Å². The zero-order chi connectivity index (χ0) is 18.2. The summed E-state index contributed by atoms with van der Waals surface area (Å²) in [6.07, 6.45) is 4.67. The Bertz CT molecular complexity index is 1110. The highest BCUT2D eigenvalue weighted by Crippen LogP contribution is 2.33. The highest BCUT2D eigenvalue weighted by Gasteiger charge is 2.18. The number of benzene rings is 2. The third-order valence-electron chi connectivity index (χ3n) is 5.01. The molecule has 3 nitrogen and oxygen atoms in total. The van der Waals surface area contributed by atoms with Gasteiger partial charge >= 0.3 is 0 Å². The highest BCUT2D eigenvalue weighted by molar-refractivity contribution is 7.15. The number of rotatable bonds is 3. The van der Waals surface area contributed by atoms with Gasteiger partial charge < -0.3 is 0 Å². The summed E-state index contributed by atoms with van der Waals surface area (Å²) in [4.78, 5) is 19.5. The summed E-state index contributed by atoms with van der Waals surface area (Å²) in [5.74, 6) is -0.0479. The predicted octanol–water partition coefficient (Wildman–Crippen LogP) is 6.16. The van der Waals surface area contributed by atoms with Crippen LogP contribution in [0, 0.1) is 0 Å². The molecule has 1 N–H and O–H groups in total. The van der Waals surface area contributed by atoms with Crippen LogP contribution in [0.5, 0.6) is 0 Å². The van der Waals surface area contributed by atoms with Crippen molar-refractivity contribution in [1.29, 1.82) is 0 Å². The molecule has 0 saturated carbocycles. The molecule has 2 heterocycles. The van der Waals surface area contributed by atoms with E-state index in [0.717, 1.165) is 29.0 Å². The largest absolute Gasteiger partial charge is 0.297 e. The second-order valence-corrected chi connectivity index (χ2v) is 8.78. The van der Waals surface area contributed by atoms with Crippen LogP contribution in [0.1, 0.15) is 33.0 Å². The average Bonchev–Trinajstić information content (AvgIpc) is 3.34. The van der Waals surface area contributed by atoms with E-state index < -0.39 is 0 Å². The Morgan fingerprint density at radius 1 is 1.04 bits per heavy atom. The average molecular weight is 391 g/mol. The van der Waals surface area contributed by atoms with Gasteiger partial charge in [-0.2, -0.15) is 0 Å². The minimum Gasteiger partial charge on any atom is -0.297 e. The van der Waals surface area contributed by atoms with E-state index in [9.17, 15) is 4.79 Å². The molecule has 1 aliphatic carbocycles. The first-order chi connectivity index (χ1) is 13.3. The van der Waals surface area contributed by atoms with Gasteiger partial charge in [0, 0.05) is 15.8 Å². The van der Waals surface area contributed by atoms with Gasteiger partial charge in [-0.1, -0.05) is 42.5 Å². The maximum absolute atomic E-state index is 12.7. The Kier molecular flexibility index (Phi) is 4.26. The summed E-state index contributed by atoms with van der Waals surface area (Å²) >= 11 is 3.10. The first-order valence-electron chi connectivity index (χ1n) is 9.14. The molecule has 0 aliphatic heterocycles. The number of amides is 1. The Labute approximate surface area is 165 Å². The van der Waals surface area contributed by atoms with Crippen molar-refractivity contribution in [3.63, 3.8) is 0 Å². The number of anilines is 1. The van der Waals surface area contributed by atoms with Crippen LogP contribution in [0.3, 0.4) is 0 Å². The molecule has 0 bridgehead atoms. The zero-order valence-corrected chi connectivity index (χ0v) is 16.3. The third kappa shape index (κ3) is 3.17. The van der Waals surface area contributed by atoms with Gasteiger partial charge in [-0.15, -0.1) is 22.7 Å². The van der Waals surface area contributed by atoms with Crippen molar-refractivity contribution in [3.05, 3.63) is 69.2 Å². The maximum atomic E-state index is 12.7. The summed E-state index contributed by atoms with van der Waals surface area (Å²) in [5.41, 5.74) is 3.35. The van der Waals surface area contributed by atoms with Crippen molar-refractivity contribution in [1.82, 2.24) is 4.98 Å². The van der Waals surface area contributed by atoms with Gasteiger partial charge in [0.2, 0.25) is 0 Å². The molecular weight excluding hydrogens is 372 g/mol. The van der Waals surface area contributed by atoms with Crippen molar-refractivity contribution in [2.24, 2.45) is 0 Å². The van der Waals surface area contributed by atoms with E-state index in [2.05, 4.69) is 40.6 Å². The molecule has 5 rings (SSSR count). The third-order valence-corrected chi connectivity index (χ3v) is 7.00. The Hall–Kier alpha value is -2.50. The monoisotopic (exact) mass is 390 g/mol. The lowest BCUT2D eigenvalue weighted by Crippen LogP contribution is -2.09. The smallest absolute Gasteiger partial charge is 0.267 e. The summed E-state index contributed by atoms with van der Waals surface area (Å²) < 4.78 is 0. The molecule has 0 unspecified atom stereocenters. The van der Waals surface area contributed by atoms with Crippen LogP contribution in [0.25, 0.3) is 22.0 Å². The molecule has 2 aromatic heterocycles. The van der Waals surface area contributed by atoms with Crippen LogP contribution in [0.4, 0.5) is 5.13 Å². The number of fused-ring (bicyclic) bond motifs is 2. The summed E-state index contributed by atoms with van der Waals surface area (Å²) in [6.45, 7) is 0. The van der Waals surface area contributed by atoms with E-state index in [1.54, 1.807) is 11.3 Å². The van der Waals surface area contributed by atoms with Crippen molar-refractivity contribution >= 4 is 44.5 Å². The van der Waals surface area contributed by atoms with Gasteiger partial charge in [-0.05, 0) is 48.1 Å². The van der Waals surface area contributed by atoms with E-state index in [-0.39, 0.29) is 5.91 Å². The first kappa shape index (κ1) is 16.7. The first-order valence-corrected chi connectivity index (χ1v) is 10.8. The van der Waals surface area contributed by atoms with Crippen molar-refractivity contribution in [2.45, 2.75) is 25.7 Å². The van der Waals surface area contributed by atoms with Crippen LogP contribution in [0.15, 0.2) is 53.9 Å². The Morgan fingerprint density at radius 3 is 2.81 bits per heavy atom. The number of thiazole rings is 1. The summed E-state index contributed by atoms with van der Waals surface area (Å²) in [6, 6.07) is 16.6. The van der Waals surface area contributed by atoms with E-state index in [4.69, 9.17) is 0 Å². The lowest BCUT2D eigenvalue weighted by Gasteiger charge is -2.08. The number of nitrogens with zero attached hydrogens (tertiary/aromatic N) is 1. The number of hydrogen-bond donors (Lipinski definition) is 1. The molecular formula is C22H18N2OS2. The molecule has 27 heavy (non-hydrogen) atoms. The molecule has 0 fully saturated rings. The van der Waals surface area contributed by atoms with Crippen molar-refractivity contribution in [3.8, 4) is 11.3 Å². The number of aromatic nitrogens is 1. The molecule has 0 radical (unpaired) electrons. The number of aryl methyl sites for hydroxylation is 2. The second kappa shape index (κ2) is 6.91. The fourth-order valence-corrected chi connectivity index (χ4v) is 5.52. The quantitative estimate of drug-likeness (QED) is 0.455. The number of hydrogen-bond acceptors (Lipinski definition) is 4. The molecule has 5 heteroatoms. The van der Waals surface area contributed by atoms with E-state index >= 15 is 0 Å². The molecule has 1 amide bonds. The van der Waals surface area contributed by atoms with Gasteiger partial charge in [-0.25, -0.2) is 4.98 Å². The van der Waals surface area contributed by atoms with Crippen LogP contribution in [-0.4, -0.2) is 10.9 Å². The zero-order valence-electron chi connectivity index (χ0n) is 14.7. The minimum absolute atomic E-state index is 0.0479. The normalized spacial score (nSPS) is 13.5. The summed E-state index contributed by atoms with van der Waals surface area (Å²) in [5, 5.41) is 8.01. The molecule has 134 valence electrons. The number of nitrogens with one attached hydrogen (secondary N) is 1. The topological polar surface area (TPSA) is 42.0 Å². The molecule has 4 aromatic rings. The maximum Gasteiger partial charge on any atom is 0.267 e. The highest BCUT2D eigenvalue weighted by atomic mass is 32.1. The molecule has 2 aromatic carbocycles. The van der Waals surface area contributed by atoms with E-state index in [0.29, 0.717) is 5.13 Å². The molecule has 0 atom stereocenters. The summed E-state index contributed by atoms with van der Waals surface area (Å²) in [7, 11) is 0. The fraction of sp³-hybridized carbons (Fsp3) is 0.182. The number of thiophene rings is 1. The Morgan fingerprint density at radius 2 is 1.89 bits per heavy atom. The second-order valence-electron chi connectivity index (χ2n) is 6.78. The predicted molar refractivity (Wildman–Crippen MR) is 114 cm³/mol. The van der Waals surface area contributed by atoms with Crippen LogP contribution in [0.2, 0.25) is 0 Å². The number of carbonyl (C=O) groups is 1. The van der Waals surface area contributed by atoms with E-state index in [1.165, 1.54) is 45.4 Å². The van der Waals surface area contributed by atoms with Crippen LogP contribution in [-0.2, 0) is 12.8 Å². The lowest BCUT2D eigenvalue weighted by molar-refractivity contribution is 0.103. The SMILES string of the molecule is O=C(Nc1nc(-c2cccc3ccccc23)cs1)c1cc2c(s1)CCCC2. The van der Waals surface area contributed by atoms with Crippen LogP contribution >= 0.6 is 22.7 Å². The number of carbonyl (C=O) groups excluding carboxylic acids is 1. The Balaban J connectivity index is 1.40. The lowest BCUT2D eigenvalue weighted by atomic mass is 9.99. The standard InChI is InChI=1S/C22H18N2OS2/c25-21(20-12-15-7-2-4-11-19(15)27-20)24-22-23-18(13-26-22)17-10-5-8-14-6-1-3-9-16(14)17/h1,3,5-6,8-10,12-13H,2,4,7,11H2,(H,23,24,25). The van der Waals surface area contributed by atoms with Gasteiger partial charge in [0.15, 0.2) is 5.13 Å². The molecule has 0 saturated heterocycles. The van der Waals surface area contributed by atoms with Gasteiger partial charge in [0.1, 0.15) is 0 Å². The minimum atomic E-state index is -0.0479. The molecule has 1 aliphatic rings.